The van der Waals surface area contributed by atoms with Gasteiger partial charge >= 0.3 is 0 Å². The van der Waals surface area contributed by atoms with E-state index < -0.39 is 0 Å². The molecule has 0 aromatic heterocycles. The van der Waals surface area contributed by atoms with Crippen LogP contribution in [-0.4, -0.2) is 30.6 Å². The first kappa shape index (κ1) is 18.1. The highest BCUT2D eigenvalue weighted by Crippen LogP contribution is 2.27. The number of carbonyl (C=O) groups is 1. The van der Waals surface area contributed by atoms with E-state index in [-0.39, 0.29) is 18.3 Å². The molecule has 0 aliphatic carbocycles. The second-order valence-electron chi connectivity index (χ2n) is 7.01. The Kier molecular flexibility index (Phi) is 6.31. The average Bonchev–Trinajstić information content (AvgIpc) is 2.84. The zero-order chi connectivity index (χ0) is 15.5. The zero-order valence-electron chi connectivity index (χ0n) is 13.9. The Labute approximate surface area is 144 Å². The molecule has 0 radical (unpaired) electrons. The fourth-order valence-electron chi connectivity index (χ4n) is 3.43. The first-order valence-electron chi connectivity index (χ1n) is 8.40. The molecule has 0 saturated carbocycles. The van der Waals surface area contributed by atoms with Gasteiger partial charge in [-0.05, 0) is 49.8 Å². The summed E-state index contributed by atoms with van der Waals surface area (Å²) in [5, 5.41) is 6.79. The molecule has 4 nitrogen and oxygen atoms in total. The number of hydrogen-bond donors (Lipinski definition) is 2. The van der Waals surface area contributed by atoms with Crippen molar-refractivity contribution in [3.63, 3.8) is 0 Å². The fraction of sp³-hybridized carbons (Fsp3) is 0.611. The van der Waals surface area contributed by atoms with Crippen LogP contribution in [0.5, 0.6) is 5.75 Å². The molecule has 23 heavy (non-hydrogen) atoms. The van der Waals surface area contributed by atoms with Gasteiger partial charge in [0.05, 0.1) is 6.61 Å². The van der Waals surface area contributed by atoms with Crippen molar-refractivity contribution in [3.05, 3.63) is 29.8 Å². The van der Waals surface area contributed by atoms with Gasteiger partial charge in [0.1, 0.15) is 5.75 Å². The lowest BCUT2D eigenvalue weighted by molar-refractivity contribution is 0.0923. The van der Waals surface area contributed by atoms with Gasteiger partial charge in [-0.15, -0.1) is 12.4 Å². The first-order valence-corrected chi connectivity index (χ1v) is 8.40. The van der Waals surface area contributed by atoms with E-state index >= 15 is 0 Å². The molecule has 2 heterocycles. The van der Waals surface area contributed by atoms with E-state index in [1.54, 1.807) is 0 Å². The fourth-order valence-corrected chi connectivity index (χ4v) is 3.43. The molecule has 3 rings (SSSR count). The third-order valence-electron chi connectivity index (χ3n) is 4.49. The van der Waals surface area contributed by atoms with E-state index in [0.29, 0.717) is 36.2 Å². The normalized spacial score (nSPS) is 25.8. The summed E-state index contributed by atoms with van der Waals surface area (Å²) in [6, 6.07) is 8.96. The molecule has 0 spiro atoms. The van der Waals surface area contributed by atoms with Gasteiger partial charge < -0.3 is 15.4 Å². The molecule has 2 N–H and O–H groups in total. The minimum atomic E-state index is 0. The number of hydrogen-bond acceptors (Lipinski definition) is 3. The number of benzene rings is 1. The highest BCUT2D eigenvalue weighted by Gasteiger charge is 2.34. The maximum absolute atomic E-state index is 12.4. The number of halogens is 1. The van der Waals surface area contributed by atoms with E-state index in [1.165, 1.54) is 12.8 Å². The highest BCUT2D eigenvalue weighted by atomic mass is 35.5. The lowest BCUT2D eigenvalue weighted by Crippen LogP contribution is -2.48. The molecule has 2 bridgehead atoms. The minimum absolute atomic E-state index is 0. The Morgan fingerprint density at radius 1 is 1.30 bits per heavy atom. The molecule has 1 amide bonds. The lowest BCUT2D eigenvalue weighted by Gasteiger charge is -2.29. The largest absolute Gasteiger partial charge is 0.493 e. The Bertz CT molecular complexity index is 524. The Morgan fingerprint density at radius 2 is 2.00 bits per heavy atom. The third kappa shape index (κ3) is 4.85. The summed E-state index contributed by atoms with van der Waals surface area (Å²) in [7, 11) is 0. The molecule has 5 heteroatoms. The van der Waals surface area contributed by atoms with Crippen molar-refractivity contribution in [2.75, 3.05) is 6.61 Å². The minimum Gasteiger partial charge on any atom is -0.493 e. The van der Waals surface area contributed by atoms with Crippen molar-refractivity contribution in [2.24, 2.45) is 5.92 Å². The predicted molar refractivity (Wildman–Crippen MR) is 94.5 cm³/mol. The molecule has 2 aliphatic heterocycles. The molecule has 2 saturated heterocycles. The summed E-state index contributed by atoms with van der Waals surface area (Å²) in [4.78, 5) is 12.4. The molecule has 1 aromatic carbocycles. The summed E-state index contributed by atoms with van der Waals surface area (Å²) in [5.41, 5.74) is 0.687. The molecule has 2 atom stereocenters. The van der Waals surface area contributed by atoms with Crippen molar-refractivity contribution in [2.45, 2.75) is 57.7 Å². The van der Waals surface area contributed by atoms with Crippen LogP contribution in [0, 0.1) is 5.92 Å². The number of piperidine rings is 1. The maximum atomic E-state index is 12.4. The van der Waals surface area contributed by atoms with E-state index in [1.807, 2.05) is 24.3 Å². The van der Waals surface area contributed by atoms with E-state index in [9.17, 15) is 4.79 Å². The monoisotopic (exact) mass is 338 g/mol. The van der Waals surface area contributed by atoms with Gasteiger partial charge in [0.15, 0.2) is 0 Å². The van der Waals surface area contributed by atoms with Gasteiger partial charge in [0.25, 0.3) is 5.91 Å². The standard InChI is InChI=1S/C18H26N2O2.ClH/c1-12(2)11-22-17-5-3-4-13(8-17)18(21)20-16-9-14-6-7-15(10-16)19-14;/h3-5,8,12,14-16,19H,6-7,9-11H2,1-2H3,(H,20,21);1H. The van der Waals surface area contributed by atoms with Crippen LogP contribution in [0.2, 0.25) is 0 Å². The molecular weight excluding hydrogens is 312 g/mol. The van der Waals surface area contributed by atoms with Crippen LogP contribution >= 0.6 is 12.4 Å². The van der Waals surface area contributed by atoms with E-state index in [2.05, 4.69) is 24.5 Å². The van der Waals surface area contributed by atoms with Crippen molar-refractivity contribution in [1.29, 1.82) is 0 Å². The quantitative estimate of drug-likeness (QED) is 0.867. The van der Waals surface area contributed by atoms with Gasteiger partial charge in [0, 0.05) is 23.7 Å². The maximum Gasteiger partial charge on any atom is 0.251 e. The van der Waals surface area contributed by atoms with Crippen LogP contribution in [-0.2, 0) is 0 Å². The number of rotatable bonds is 5. The molecule has 2 unspecified atom stereocenters. The average molecular weight is 339 g/mol. The third-order valence-corrected chi connectivity index (χ3v) is 4.49. The van der Waals surface area contributed by atoms with Crippen LogP contribution in [0.3, 0.4) is 0 Å². The molecular formula is C18H27ClN2O2. The van der Waals surface area contributed by atoms with E-state index in [0.717, 1.165) is 18.6 Å². The second kappa shape index (κ2) is 8.02. The van der Waals surface area contributed by atoms with Crippen LogP contribution in [0.15, 0.2) is 24.3 Å². The number of fused-ring (bicyclic) bond motifs is 2. The topological polar surface area (TPSA) is 50.4 Å². The Balaban J connectivity index is 0.00000192. The second-order valence-corrected chi connectivity index (χ2v) is 7.01. The van der Waals surface area contributed by atoms with E-state index in [4.69, 9.17) is 4.74 Å². The van der Waals surface area contributed by atoms with Crippen molar-refractivity contribution < 1.29 is 9.53 Å². The van der Waals surface area contributed by atoms with Crippen molar-refractivity contribution in [1.82, 2.24) is 10.6 Å². The lowest BCUT2D eigenvalue weighted by atomic mass is 9.99. The molecule has 128 valence electrons. The summed E-state index contributed by atoms with van der Waals surface area (Å²) in [6.45, 7) is 4.90. The SMILES string of the molecule is CC(C)COc1cccc(C(=O)NC2CC3CCC(C2)N3)c1.Cl. The number of amides is 1. The number of ether oxygens (including phenoxy) is 1. The summed E-state index contributed by atoms with van der Waals surface area (Å²) < 4.78 is 5.70. The summed E-state index contributed by atoms with van der Waals surface area (Å²) in [6.07, 6.45) is 4.59. The molecule has 1 aromatic rings. The van der Waals surface area contributed by atoms with Crippen molar-refractivity contribution in [3.8, 4) is 5.75 Å². The highest BCUT2D eigenvalue weighted by molar-refractivity contribution is 5.94. The Hall–Kier alpha value is -1.26. The molecule has 2 aliphatic rings. The van der Waals surface area contributed by atoms with Crippen molar-refractivity contribution >= 4 is 18.3 Å². The first-order chi connectivity index (χ1) is 10.6. The molecule has 2 fully saturated rings. The van der Waals surface area contributed by atoms with Gasteiger partial charge in [-0.1, -0.05) is 19.9 Å². The van der Waals surface area contributed by atoms with Crippen LogP contribution in [0.1, 0.15) is 49.9 Å². The van der Waals surface area contributed by atoms with Crippen LogP contribution in [0.4, 0.5) is 0 Å². The summed E-state index contributed by atoms with van der Waals surface area (Å²) >= 11 is 0. The predicted octanol–water partition coefficient (Wildman–Crippen LogP) is 3.16. The van der Waals surface area contributed by atoms with Crippen LogP contribution in [0.25, 0.3) is 0 Å². The Morgan fingerprint density at radius 3 is 2.65 bits per heavy atom. The summed E-state index contributed by atoms with van der Waals surface area (Å²) in [5.74, 6) is 1.26. The number of nitrogens with one attached hydrogen (secondary N) is 2. The van der Waals surface area contributed by atoms with Gasteiger partial charge in [0.2, 0.25) is 0 Å². The number of carbonyl (C=O) groups excluding carboxylic acids is 1. The van der Waals surface area contributed by atoms with Gasteiger partial charge in [-0.2, -0.15) is 0 Å². The van der Waals surface area contributed by atoms with Gasteiger partial charge in [-0.25, -0.2) is 0 Å². The van der Waals surface area contributed by atoms with Crippen LogP contribution < -0.4 is 15.4 Å². The zero-order valence-corrected chi connectivity index (χ0v) is 14.7. The smallest absolute Gasteiger partial charge is 0.251 e. The van der Waals surface area contributed by atoms with Gasteiger partial charge in [-0.3, -0.25) is 4.79 Å².